The maximum absolute atomic E-state index is 9.22. The Kier molecular flexibility index (Phi) is 5.39. The number of hydrogen-bond donors (Lipinski definition) is 3. The first kappa shape index (κ1) is 10.5. The summed E-state index contributed by atoms with van der Waals surface area (Å²) in [6, 6.07) is 0. The summed E-state index contributed by atoms with van der Waals surface area (Å²) in [6.07, 6.45) is 0. The van der Waals surface area contributed by atoms with Gasteiger partial charge >= 0.3 is 7.82 Å². The van der Waals surface area contributed by atoms with E-state index in [4.69, 9.17) is 15.0 Å². The molecule has 0 fully saturated rings. The van der Waals surface area contributed by atoms with E-state index < -0.39 is 7.82 Å². The van der Waals surface area contributed by atoms with E-state index in [-0.39, 0.29) is 17.1 Å². The average Bonchev–Trinajstić information content (AvgIpc) is 1.35. The van der Waals surface area contributed by atoms with Crippen LogP contribution in [0.4, 0.5) is 0 Å². The fraction of sp³-hybridized carbons (Fsp3) is 0. The van der Waals surface area contributed by atoms with Crippen LogP contribution in [0.5, 0.6) is 0 Å². The minimum absolute atomic E-state index is 0. The largest absolute Gasteiger partial charge is 0.496 e. The molecular weight excluding hydrogens is 167 g/mol. The topological polar surface area (TPSA) is 87.0 Å². The maximum atomic E-state index is 9.22. The van der Waals surface area contributed by atoms with Gasteiger partial charge in [-0.05, 0) is 0 Å². The van der Waals surface area contributed by atoms with Crippen molar-refractivity contribution in [2.75, 3.05) is 0 Å². The molecule has 0 aliphatic carbocycles. The molecule has 3 N–H and O–H groups in total. The molecule has 0 aromatic carbocycles. The van der Waals surface area contributed by atoms with E-state index in [1.165, 1.54) is 0 Å². The van der Waals surface area contributed by atoms with Gasteiger partial charge in [-0.25, -0.2) is 9.82 Å². The molecule has 0 aromatic heterocycles. The van der Waals surface area contributed by atoms with Crippen molar-refractivity contribution in [3.8, 4) is 0 Å². The molecule has 0 bridgehead atoms. The molecule has 5 nitrogen and oxygen atoms in total. The van der Waals surface area contributed by atoms with Crippen LogP contribution in [0.25, 0.3) is 0 Å². The van der Waals surface area contributed by atoms with Crippen LogP contribution in [-0.4, -0.2) is 15.0 Å². The fourth-order valence-corrected chi connectivity index (χ4v) is 0. The van der Waals surface area contributed by atoms with Gasteiger partial charge in [-0.2, -0.15) is 0 Å². The van der Waals surface area contributed by atoms with Crippen LogP contribution < -0.4 is 0 Å². The quantitative estimate of drug-likeness (QED) is 0.215. The summed E-state index contributed by atoms with van der Waals surface area (Å²) in [7, 11) is -4.59. The predicted molar refractivity (Wildman–Crippen MR) is 15.8 cm³/mol. The second kappa shape index (κ2) is 3.57. The summed E-state index contributed by atoms with van der Waals surface area (Å²) < 4.78 is 11.8. The van der Waals surface area contributed by atoms with Crippen molar-refractivity contribution in [2.45, 2.75) is 0 Å². The van der Waals surface area contributed by atoms with Gasteiger partial charge in [0, 0.05) is 17.1 Å². The Bertz CT molecular complexity index is 72.1. The van der Waals surface area contributed by atoms with Gasteiger partial charge in [0.25, 0.3) is 0 Å². The van der Waals surface area contributed by atoms with Gasteiger partial charge in [0.05, 0.1) is 0 Å². The molecule has 0 amide bonds. The number of rotatable bonds is 1. The molecule has 0 rings (SSSR count). The molecule has 46 valence electrons. The Balaban J connectivity index is 0. The third-order valence-corrected chi connectivity index (χ3v) is 0.319. The molecule has 0 radical (unpaired) electrons. The van der Waals surface area contributed by atoms with Crippen LogP contribution in [0, 0.1) is 0 Å². The van der Waals surface area contributed by atoms with E-state index in [2.05, 4.69) is 4.67 Å². The summed E-state index contributed by atoms with van der Waals surface area (Å²) in [5.41, 5.74) is 0. The molecule has 0 unspecified atom stereocenters. The van der Waals surface area contributed by atoms with Crippen molar-refractivity contribution < 1.29 is 41.4 Å². The second-order valence-electron chi connectivity index (χ2n) is 0.572. The van der Waals surface area contributed by atoms with E-state index in [0.717, 1.165) is 0 Å². The first-order valence-corrected chi connectivity index (χ1v) is 2.48. The Labute approximate surface area is 49.9 Å². The first-order chi connectivity index (χ1) is 2.56. The third-order valence-electron chi connectivity index (χ3n) is 0.106. The van der Waals surface area contributed by atoms with Crippen molar-refractivity contribution >= 4 is 7.82 Å². The van der Waals surface area contributed by atoms with Gasteiger partial charge in [0.1, 0.15) is 0 Å². The van der Waals surface area contributed by atoms with Crippen LogP contribution in [0.3, 0.4) is 0 Å². The van der Waals surface area contributed by atoms with E-state index in [9.17, 15) is 4.57 Å². The minimum Gasteiger partial charge on any atom is -0.301 e. The van der Waals surface area contributed by atoms with Crippen molar-refractivity contribution in [1.82, 2.24) is 0 Å². The van der Waals surface area contributed by atoms with Crippen LogP contribution in [-0.2, 0) is 26.3 Å². The van der Waals surface area contributed by atoms with Gasteiger partial charge in [-0.15, -0.1) is 4.67 Å². The van der Waals surface area contributed by atoms with Crippen LogP contribution in [0.1, 0.15) is 0 Å². The van der Waals surface area contributed by atoms with Gasteiger partial charge in [0.2, 0.25) is 0 Å². The van der Waals surface area contributed by atoms with Crippen molar-refractivity contribution in [1.29, 1.82) is 0 Å². The Morgan fingerprint density at radius 3 is 1.57 bits per heavy atom. The van der Waals surface area contributed by atoms with E-state index in [1.807, 2.05) is 0 Å². The summed E-state index contributed by atoms with van der Waals surface area (Å²) in [5, 5.41) is 7.14. The normalized spacial score (nSPS) is 10.1. The van der Waals surface area contributed by atoms with E-state index >= 15 is 0 Å². The van der Waals surface area contributed by atoms with Gasteiger partial charge in [-0.3, -0.25) is 0 Å². The Morgan fingerprint density at radius 2 is 1.57 bits per heavy atom. The van der Waals surface area contributed by atoms with Crippen molar-refractivity contribution in [3.63, 3.8) is 0 Å². The average molecular weight is 170 g/mol. The van der Waals surface area contributed by atoms with Crippen molar-refractivity contribution in [3.05, 3.63) is 0 Å². The van der Waals surface area contributed by atoms with Crippen LogP contribution >= 0.6 is 7.82 Å². The number of hydrogen-bond acceptors (Lipinski definition) is 3. The summed E-state index contributed by atoms with van der Waals surface area (Å²) >= 11 is 0. The zero-order valence-corrected chi connectivity index (χ0v) is 4.96. The molecule has 0 saturated carbocycles. The van der Waals surface area contributed by atoms with Crippen molar-refractivity contribution in [2.24, 2.45) is 0 Å². The zero-order valence-electron chi connectivity index (χ0n) is 2.96. The van der Waals surface area contributed by atoms with E-state index in [0.29, 0.717) is 0 Å². The minimum atomic E-state index is -4.59. The Morgan fingerprint density at radius 1 is 1.43 bits per heavy atom. The molecule has 0 aliphatic heterocycles. The molecule has 0 spiro atoms. The second-order valence-corrected chi connectivity index (χ2v) is 1.72. The standard InChI is InChI=1S/Fe.H3O5P/c;1-5-6(2,3)4/h;1H,(H2,2,3,4). The molecule has 0 aromatic rings. The maximum Gasteiger partial charge on any atom is 0.496 e. The summed E-state index contributed by atoms with van der Waals surface area (Å²) in [4.78, 5) is 14.9. The van der Waals surface area contributed by atoms with Crippen LogP contribution in [0.15, 0.2) is 0 Å². The molecule has 7 heteroatoms. The van der Waals surface area contributed by atoms with Gasteiger partial charge < -0.3 is 9.79 Å². The predicted octanol–water partition coefficient (Wildman–Crippen LogP) is -0.434. The fourth-order valence-electron chi connectivity index (χ4n) is 0. The number of phosphoric acid groups is 1. The zero-order chi connectivity index (χ0) is 5.21. The SMILES string of the molecule is O=P(O)(O)OO.[Fe]. The molecule has 0 atom stereocenters. The molecule has 7 heavy (non-hydrogen) atoms. The smallest absolute Gasteiger partial charge is 0.301 e. The van der Waals surface area contributed by atoms with Gasteiger partial charge in [0.15, 0.2) is 0 Å². The Hall–Kier alpha value is 0.589. The third kappa shape index (κ3) is 10.8. The molecular formula is H3FeO5P. The van der Waals surface area contributed by atoms with E-state index in [1.54, 1.807) is 0 Å². The van der Waals surface area contributed by atoms with Crippen LogP contribution in [0.2, 0.25) is 0 Å². The molecule has 0 heterocycles. The summed E-state index contributed by atoms with van der Waals surface area (Å²) in [6.45, 7) is 0. The molecule has 0 aliphatic rings. The van der Waals surface area contributed by atoms with Gasteiger partial charge in [-0.1, -0.05) is 0 Å². The molecule has 0 saturated heterocycles. The monoisotopic (exact) mass is 170 g/mol. The summed E-state index contributed by atoms with van der Waals surface area (Å²) in [5.74, 6) is 0. The first-order valence-electron chi connectivity index (χ1n) is 0.948.